The number of nitrogens with zero attached hydrogens (tertiary/aromatic N) is 1. The molecule has 0 fully saturated rings. The first-order valence-corrected chi connectivity index (χ1v) is 6.29. The van der Waals surface area contributed by atoms with Gasteiger partial charge >= 0.3 is 5.97 Å². The Labute approximate surface area is 107 Å². The number of rotatable bonds is 7. The summed E-state index contributed by atoms with van der Waals surface area (Å²) in [6.07, 6.45) is 1.46. The molecule has 0 radical (unpaired) electrons. The molecule has 0 aliphatic heterocycles. The number of halogens is 1. The van der Waals surface area contributed by atoms with Gasteiger partial charge in [-0.25, -0.2) is 4.39 Å². The molecule has 0 saturated heterocycles. The summed E-state index contributed by atoms with van der Waals surface area (Å²) in [7, 11) is 0. The lowest BCUT2D eigenvalue weighted by atomic mass is 10.1. The van der Waals surface area contributed by atoms with Crippen molar-refractivity contribution in [3.8, 4) is 0 Å². The summed E-state index contributed by atoms with van der Waals surface area (Å²) in [6.45, 7) is 5.15. The highest BCUT2D eigenvalue weighted by Crippen LogP contribution is 2.12. The summed E-state index contributed by atoms with van der Waals surface area (Å²) in [6, 6.07) is 5.73. The molecule has 0 bridgehead atoms. The fourth-order valence-corrected chi connectivity index (χ4v) is 2.05. The van der Waals surface area contributed by atoms with E-state index in [-0.39, 0.29) is 5.82 Å². The van der Waals surface area contributed by atoms with Crippen molar-refractivity contribution in [1.29, 1.82) is 0 Å². The molecular weight excluding hydrogens is 233 g/mol. The molecule has 18 heavy (non-hydrogen) atoms. The van der Waals surface area contributed by atoms with Crippen molar-refractivity contribution in [2.24, 2.45) is 0 Å². The van der Waals surface area contributed by atoms with E-state index < -0.39 is 12.0 Å². The highest BCUT2D eigenvalue weighted by molar-refractivity contribution is 5.73. The highest BCUT2D eigenvalue weighted by atomic mass is 19.1. The van der Waals surface area contributed by atoms with Gasteiger partial charge in [0.15, 0.2) is 0 Å². The zero-order valence-electron chi connectivity index (χ0n) is 10.9. The third-order valence-corrected chi connectivity index (χ3v) is 2.92. The van der Waals surface area contributed by atoms with Gasteiger partial charge in [-0.2, -0.15) is 0 Å². The molecule has 1 aromatic carbocycles. The van der Waals surface area contributed by atoms with Gasteiger partial charge in [-0.1, -0.05) is 26.0 Å². The van der Waals surface area contributed by atoms with Gasteiger partial charge in [-0.3, -0.25) is 9.69 Å². The summed E-state index contributed by atoms with van der Waals surface area (Å²) in [4.78, 5) is 13.1. The van der Waals surface area contributed by atoms with E-state index in [4.69, 9.17) is 0 Å². The molecule has 0 heterocycles. The Balaban J connectivity index is 2.78. The minimum absolute atomic E-state index is 0.272. The molecule has 0 amide bonds. The van der Waals surface area contributed by atoms with Crippen molar-refractivity contribution in [2.75, 3.05) is 6.54 Å². The van der Waals surface area contributed by atoms with E-state index in [1.54, 1.807) is 12.1 Å². The van der Waals surface area contributed by atoms with Crippen LogP contribution in [0.25, 0.3) is 0 Å². The molecule has 4 heteroatoms. The molecule has 0 spiro atoms. The van der Waals surface area contributed by atoms with Gasteiger partial charge in [0.05, 0.1) is 0 Å². The van der Waals surface area contributed by atoms with E-state index in [2.05, 4.69) is 0 Å². The Bertz CT molecular complexity index is 378. The maximum atomic E-state index is 12.8. The molecule has 1 N–H and O–H groups in total. The Kier molecular flexibility index (Phi) is 5.78. The van der Waals surface area contributed by atoms with Crippen molar-refractivity contribution in [3.05, 3.63) is 35.6 Å². The number of carbonyl (C=O) groups is 1. The molecule has 0 saturated carbocycles. The molecule has 1 aromatic rings. The van der Waals surface area contributed by atoms with Crippen LogP contribution in [0.2, 0.25) is 0 Å². The highest BCUT2D eigenvalue weighted by Gasteiger charge is 2.22. The van der Waals surface area contributed by atoms with Gasteiger partial charge in [0.1, 0.15) is 11.9 Å². The van der Waals surface area contributed by atoms with Crippen LogP contribution in [0.4, 0.5) is 4.39 Å². The fourth-order valence-electron chi connectivity index (χ4n) is 2.05. The van der Waals surface area contributed by atoms with Crippen molar-refractivity contribution >= 4 is 5.97 Å². The fraction of sp³-hybridized carbons (Fsp3) is 0.500. The first-order valence-electron chi connectivity index (χ1n) is 6.29. The van der Waals surface area contributed by atoms with Crippen molar-refractivity contribution < 1.29 is 14.3 Å². The Hall–Kier alpha value is -1.42. The predicted molar refractivity (Wildman–Crippen MR) is 68.8 cm³/mol. The third kappa shape index (κ3) is 4.11. The molecule has 1 rings (SSSR count). The Morgan fingerprint density at radius 2 is 1.94 bits per heavy atom. The quantitative estimate of drug-likeness (QED) is 0.812. The van der Waals surface area contributed by atoms with E-state index in [1.165, 1.54) is 12.1 Å². The normalized spacial score (nSPS) is 12.7. The van der Waals surface area contributed by atoms with Crippen molar-refractivity contribution in [1.82, 2.24) is 4.90 Å². The summed E-state index contributed by atoms with van der Waals surface area (Å²) in [5.41, 5.74) is 0.935. The third-order valence-electron chi connectivity index (χ3n) is 2.92. The van der Waals surface area contributed by atoms with E-state index in [9.17, 15) is 14.3 Å². The monoisotopic (exact) mass is 253 g/mol. The summed E-state index contributed by atoms with van der Waals surface area (Å²) in [5.74, 6) is -1.07. The standard InChI is InChI=1S/C14H20FNO2/c1-3-9-16(13(4-2)14(17)18)10-11-5-7-12(15)8-6-11/h5-8,13H,3-4,9-10H2,1-2H3,(H,17,18). The van der Waals surface area contributed by atoms with Gasteiger partial charge in [-0.15, -0.1) is 0 Å². The number of carboxylic acids is 1. The second-order valence-corrected chi connectivity index (χ2v) is 4.36. The first kappa shape index (κ1) is 14.6. The van der Waals surface area contributed by atoms with Crippen LogP contribution in [-0.2, 0) is 11.3 Å². The lowest BCUT2D eigenvalue weighted by molar-refractivity contribution is -0.143. The average molecular weight is 253 g/mol. The zero-order valence-corrected chi connectivity index (χ0v) is 10.9. The van der Waals surface area contributed by atoms with Crippen LogP contribution in [0.1, 0.15) is 32.3 Å². The van der Waals surface area contributed by atoms with E-state index in [1.807, 2.05) is 18.7 Å². The molecule has 3 nitrogen and oxygen atoms in total. The average Bonchev–Trinajstić information content (AvgIpc) is 2.32. The smallest absolute Gasteiger partial charge is 0.320 e. The molecular formula is C14H20FNO2. The van der Waals surface area contributed by atoms with Gasteiger partial charge < -0.3 is 5.11 Å². The Morgan fingerprint density at radius 1 is 1.33 bits per heavy atom. The van der Waals surface area contributed by atoms with Crippen molar-refractivity contribution in [3.63, 3.8) is 0 Å². The van der Waals surface area contributed by atoms with Crippen LogP contribution in [0.3, 0.4) is 0 Å². The second-order valence-electron chi connectivity index (χ2n) is 4.36. The minimum atomic E-state index is -0.798. The molecule has 1 atom stereocenters. The lowest BCUT2D eigenvalue weighted by Gasteiger charge is -2.27. The maximum Gasteiger partial charge on any atom is 0.320 e. The van der Waals surface area contributed by atoms with Gasteiger partial charge in [0, 0.05) is 6.54 Å². The summed E-state index contributed by atoms with van der Waals surface area (Å²) in [5, 5.41) is 9.19. The van der Waals surface area contributed by atoms with E-state index in [0.717, 1.165) is 18.5 Å². The largest absolute Gasteiger partial charge is 0.480 e. The first-order chi connectivity index (χ1) is 8.58. The van der Waals surface area contributed by atoms with Crippen LogP contribution in [0.5, 0.6) is 0 Å². The van der Waals surface area contributed by atoms with Crippen LogP contribution in [0.15, 0.2) is 24.3 Å². The molecule has 100 valence electrons. The maximum absolute atomic E-state index is 12.8. The van der Waals surface area contributed by atoms with Crippen LogP contribution in [0, 0.1) is 5.82 Å². The topological polar surface area (TPSA) is 40.5 Å². The number of benzene rings is 1. The van der Waals surface area contributed by atoms with Crippen molar-refractivity contribution in [2.45, 2.75) is 39.3 Å². The van der Waals surface area contributed by atoms with Gasteiger partial charge in [-0.05, 0) is 37.1 Å². The zero-order chi connectivity index (χ0) is 13.5. The molecule has 0 aliphatic carbocycles. The number of hydrogen-bond donors (Lipinski definition) is 1. The van der Waals surface area contributed by atoms with Crippen LogP contribution >= 0.6 is 0 Å². The summed E-state index contributed by atoms with van der Waals surface area (Å²) < 4.78 is 12.8. The number of hydrogen-bond acceptors (Lipinski definition) is 2. The van der Waals surface area contributed by atoms with Gasteiger partial charge in [0.2, 0.25) is 0 Å². The molecule has 0 aliphatic rings. The predicted octanol–water partition coefficient (Wildman–Crippen LogP) is 2.90. The summed E-state index contributed by atoms with van der Waals surface area (Å²) >= 11 is 0. The SMILES string of the molecule is CCCN(Cc1ccc(F)cc1)C(CC)C(=O)O. The van der Waals surface area contributed by atoms with E-state index >= 15 is 0 Å². The van der Waals surface area contributed by atoms with Crippen LogP contribution < -0.4 is 0 Å². The van der Waals surface area contributed by atoms with E-state index in [0.29, 0.717) is 13.0 Å². The lowest BCUT2D eigenvalue weighted by Crippen LogP contribution is -2.40. The Morgan fingerprint density at radius 3 is 2.39 bits per heavy atom. The molecule has 0 aromatic heterocycles. The number of carboxylic acid groups (broad SMARTS) is 1. The second kappa shape index (κ2) is 7.11. The number of aliphatic carboxylic acids is 1. The minimum Gasteiger partial charge on any atom is -0.480 e. The van der Waals surface area contributed by atoms with Crippen LogP contribution in [-0.4, -0.2) is 28.6 Å². The van der Waals surface area contributed by atoms with Gasteiger partial charge in [0.25, 0.3) is 0 Å². The molecule has 1 unspecified atom stereocenters.